The zero-order chi connectivity index (χ0) is 12.1. The topological polar surface area (TPSA) is 55.1 Å². The van der Waals surface area contributed by atoms with E-state index in [1.54, 1.807) is 18.2 Å². The van der Waals surface area contributed by atoms with Crippen molar-refractivity contribution in [2.45, 2.75) is 25.8 Å². The number of hydrogen-bond donors (Lipinski definition) is 2. The fourth-order valence-corrected chi connectivity index (χ4v) is 1.65. The predicted molar refractivity (Wildman–Crippen MR) is 77.9 cm³/mol. The lowest BCUT2D eigenvalue weighted by molar-refractivity contribution is -0.116. The SMILES string of the molecule is CC(N)CCC(=O)Nc1ccc(Cl)c(Br)c1.Cl. The number of carbonyl (C=O) groups excluding carboxylic acids is 1. The van der Waals surface area contributed by atoms with Gasteiger partial charge in [0.25, 0.3) is 0 Å². The summed E-state index contributed by atoms with van der Waals surface area (Å²) in [5.74, 6) is -0.0356. The highest BCUT2D eigenvalue weighted by molar-refractivity contribution is 9.10. The van der Waals surface area contributed by atoms with E-state index in [0.717, 1.165) is 10.2 Å². The van der Waals surface area contributed by atoms with Gasteiger partial charge in [0.05, 0.1) is 5.02 Å². The van der Waals surface area contributed by atoms with Crippen LogP contribution in [0.1, 0.15) is 19.8 Å². The fraction of sp³-hybridized carbons (Fsp3) is 0.364. The Morgan fingerprint density at radius 1 is 1.59 bits per heavy atom. The van der Waals surface area contributed by atoms with Gasteiger partial charge in [-0.15, -0.1) is 12.4 Å². The Labute approximate surface area is 121 Å². The van der Waals surface area contributed by atoms with Crippen molar-refractivity contribution in [3.8, 4) is 0 Å². The number of anilines is 1. The summed E-state index contributed by atoms with van der Waals surface area (Å²) in [4.78, 5) is 11.5. The molecule has 0 heterocycles. The number of nitrogens with one attached hydrogen (secondary N) is 1. The number of benzene rings is 1. The molecule has 1 amide bonds. The highest BCUT2D eigenvalue weighted by atomic mass is 79.9. The Morgan fingerprint density at radius 2 is 2.24 bits per heavy atom. The van der Waals surface area contributed by atoms with Crippen molar-refractivity contribution in [1.29, 1.82) is 0 Å². The summed E-state index contributed by atoms with van der Waals surface area (Å²) in [5.41, 5.74) is 6.30. The Kier molecular flexibility index (Phi) is 7.79. The van der Waals surface area contributed by atoms with Crippen molar-refractivity contribution >= 4 is 51.5 Å². The van der Waals surface area contributed by atoms with Crippen LogP contribution in [0.25, 0.3) is 0 Å². The van der Waals surface area contributed by atoms with Crippen molar-refractivity contribution in [2.75, 3.05) is 5.32 Å². The smallest absolute Gasteiger partial charge is 0.224 e. The molecule has 1 aromatic carbocycles. The molecule has 0 radical (unpaired) electrons. The van der Waals surface area contributed by atoms with Crippen LogP contribution < -0.4 is 11.1 Å². The lowest BCUT2D eigenvalue weighted by Crippen LogP contribution is -2.19. The van der Waals surface area contributed by atoms with E-state index in [-0.39, 0.29) is 24.4 Å². The van der Waals surface area contributed by atoms with Crippen LogP contribution in [0.3, 0.4) is 0 Å². The minimum absolute atomic E-state index is 0. The summed E-state index contributed by atoms with van der Waals surface area (Å²) in [6.45, 7) is 1.88. The standard InChI is InChI=1S/C11H14BrClN2O.ClH/c1-7(14)2-5-11(16)15-8-3-4-10(13)9(12)6-8;/h3-4,6-7H,2,5,14H2,1H3,(H,15,16);1H. The third kappa shape index (κ3) is 6.27. The molecule has 1 unspecified atom stereocenters. The molecule has 0 fully saturated rings. The second kappa shape index (κ2) is 7.93. The normalized spacial score (nSPS) is 11.5. The molecule has 1 rings (SSSR count). The molecule has 3 N–H and O–H groups in total. The van der Waals surface area contributed by atoms with E-state index in [0.29, 0.717) is 17.9 Å². The average molecular weight is 342 g/mol. The van der Waals surface area contributed by atoms with Gasteiger partial charge in [-0.05, 0) is 47.5 Å². The first-order valence-corrected chi connectivity index (χ1v) is 6.16. The van der Waals surface area contributed by atoms with Gasteiger partial charge >= 0.3 is 0 Å². The van der Waals surface area contributed by atoms with Gasteiger partial charge in [0.2, 0.25) is 5.91 Å². The summed E-state index contributed by atoms with van der Waals surface area (Å²) in [6, 6.07) is 5.30. The van der Waals surface area contributed by atoms with E-state index < -0.39 is 0 Å². The third-order valence-corrected chi connectivity index (χ3v) is 3.24. The summed E-state index contributed by atoms with van der Waals surface area (Å²) in [6.07, 6.45) is 1.11. The van der Waals surface area contributed by atoms with Gasteiger partial charge in [0.15, 0.2) is 0 Å². The van der Waals surface area contributed by atoms with Crippen LogP contribution in [0.4, 0.5) is 5.69 Å². The first kappa shape index (κ1) is 16.7. The molecular formula is C11H15BrCl2N2O. The van der Waals surface area contributed by atoms with Gasteiger partial charge in [0, 0.05) is 22.6 Å². The molecule has 17 heavy (non-hydrogen) atoms. The molecule has 0 saturated heterocycles. The zero-order valence-corrected chi connectivity index (χ0v) is 12.5. The van der Waals surface area contributed by atoms with Gasteiger partial charge in [-0.1, -0.05) is 11.6 Å². The lowest BCUT2D eigenvalue weighted by atomic mass is 10.2. The molecule has 0 aliphatic carbocycles. The number of nitrogens with two attached hydrogens (primary N) is 1. The molecule has 3 nitrogen and oxygen atoms in total. The van der Waals surface area contributed by atoms with Crippen LogP contribution in [-0.2, 0) is 4.79 Å². The van der Waals surface area contributed by atoms with Crippen molar-refractivity contribution in [3.63, 3.8) is 0 Å². The molecule has 6 heteroatoms. The number of rotatable bonds is 4. The van der Waals surface area contributed by atoms with Gasteiger partial charge in [-0.2, -0.15) is 0 Å². The van der Waals surface area contributed by atoms with Gasteiger partial charge in [-0.3, -0.25) is 4.79 Å². The Balaban J connectivity index is 0.00000256. The third-order valence-electron chi connectivity index (χ3n) is 2.03. The number of carbonyl (C=O) groups is 1. The average Bonchev–Trinajstić information content (AvgIpc) is 2.21. The number of hydrogen-bond acceptors (Lipinski definition) is 2. The van der Waals surface area contributed by atoms with E-state index in [4.69, 9.17) is 17.3 Å². The summed E-state index contributed by atoms with van der Waals surface area (Å²) >= 11 is 9.14. The second-order valence-corrected chi connectivity index (χ2v) is 4.95. The van der Waals surface area contributed by atoms with Crippen molar-refractivity contribution < 1.29 is 4.79 Å². The van der Waals surface area contributed by atoms with Gasteiger partial charge < -0.3 is 11.1 Å². The number of amides is 1. The fourth-order valence-electron chi connectivity index (χ4n) is 1.16. The molecule has 96 valence electrons. The van der Waals surface area contributed by atoms with E-state index in [2.05, 4.69) is 21.2 Å². The van der Waals surface area contributed by atoms with E-state index in [1.165, 1.54) is 0 Å². The van der Waals surface area contributed by atoms with Crippen molar-refractivity contribution in [2.24, 2.45) is 5.73 Å². The Morgan fingerprint density at radius 3 is 2.76 bits per heavy atom. The highest BCUT2D eigenvalue weighted by Gasteiger charge is 2.05. The second-order valence-electron chi connectivity index (χ2n) is 3.69. The molecule has 0 aliphatic rings. The maximum atomic E-state index is 11.5. The minimum atomic E-state index is -0.0356. The van der Waals surface area contributed by atoms with E-state index >= 15 is 0 Å². The van der Waals surface area contributed by atoms with Gasteiger partial charge in [-0.25, -0.2) is 0 Å². The van der Waals surface area contributed by atoms with Crippen molar-refractivity contribution in [1.82, 2.24) is 0 Å². The van der Waals surface area contributed by atoms with Crippen LogP contribution >= 0.6 is 39.9 Å². The molecule has 1 atom stereocenters. The largest absolute Gasteiger partial charge is 0.328 e. The summed E-state index contributed by atoms with van der Waals surface area (Å²) < 4.78 is 0.763. The van der Waals surface area contributed by atoms with E-state index in [1.807, 2.05) is 6.92 Å². The predicted octanol–water partition coefficient (Wildman–Crippen LogP) is 3.59. The minimum Gasteiger partial charge on any atom is -0.328 e. The molecule has 0 aromatic heterocycles. The Hall–Kier alpha value is -0.290. The highest BCUT2D eigenvalue weighted by Crippen LogP contribution is 2.25. The van der Waals surface area contributed by atoms with Crippen LogP contribution in [0, 0.1) is 0 Å². The first-order chi connectivity index (χ1) is 7.49. The van der Waals surface area contributed by atoms with Gasteiger partial charge in [0.1, 0.15) is 0 Å². The monoisotopic (exact) mass is 340 g/mol. The summed E-state index contributed by atoms with van der Waals surface area (Å²) in [5, 5.41) is 3.40. The zero-order valence-electron chi connectivity index (χ0n) is 9.37. The molecule has 0 aliphatic heterocycles. The summed E-state index contributed by atoms with van der Waals surface area (Å²) in [7, 11) is 0. The van der Waals surface area contributed by atoms with Crippen LogP contribution in [0.15, 0.2) is 22.7 Å². The van der Waals surface area contributed by atoms with Crippen LogP contribution in [0.5, 0.6) is 0 Å². The first-order valence-electron chi connectivity index (χ1n) is 4.99. The molecule has 0 bridgehead atoms. The molecule has 0 saturated carbocycles. The maximum absolute atomic E-state index is 11.5. The molecule has 1 aromatic rings. The van der Waals surface area contributed by atoms with E-state index in [9.17, 15) is 4.79 Å². The lowest BCUT2D eigenvalue weighted by Gasteiger charge is -2.07. The quantitative estimate of drug-likeness (QED) is 0.879. The molecule has 0 spiro atoms. The Bertz CT molecular complexity index is 386. The maximum Gasteiger partial charge on any atom is 0.224 e. The molecular weight excluding hydrogens is 327 g/mol. The van der Waals surface area contributed by atoms with Crippen molar-refractivity contribution in [3.05, 3.63) is 27.7 Å². The number of halogens is 3. The van der Waals surface area contributed by atoms with Crippen LogP contribution in [-0.4, -0.2) is 11.9 Å². The van der Waals surface area contributed by atoms with Crippen LogP contribution in [0.2, 0.25) is 5.02 Å².